The molecule has 0 unspecified atom stereocenters. The average Bonchev–Trinajstić information content (AvgIpc) is 1.63. The molecule has 0 saturated heterocycles. The van der Waals surface area contributed by atoms with Gasteiger partial charge in [-0.3, -0.25) is 0 Å². The molecule has 0 fully saturated rings. The predicted octanol–water partition coefficient (Wildman–Crippen LogP) is 4.79. The zero-order valence-electron chi connectivity index (χ0n) is 11.3. The van der Waals surface area contributed by atoms with Crippen molar-refractivity contribution in [3.63, 3.8) is 0 Å². The SMILES string of the molecule is C.C[SiH](C)C.[CH2-]C[Si](C)(C)C.[CH3-].[CH3-].[W+2].[W]. The van der Waals surface area contributed by atoms with E-state index in [0.29, 0.717) is 0 Å². The molecule has 0 aliphatic heterocycles. The van der Waals surface area contributed by atoms with Gasteiger partial charge in [0.15, 0.2) is 0 Å². The van der Waals surface area contributed by atoms with E-state index in [1.54, 1.807) is 0 Å². The maximum absolute atomic E-state index is 3.82. The van der Waals surface area contributed by atoms with Crippen LogP contribution in [0.2, 0.25) is 45.3 Å². The summed E-state index contributed by atoms with van der Waals surface area (Å²) >= 11 is 0. The fraction of sp³-hybridized carbons (Fsp3) is 0.727. The van der Waals surface area contributed by atoms with Gasteiger partial charge in [-0.15, -0.1) is 0 Å². The second-order valence-corrected chi connectivity index (χ2v) is 13.6. The van der Waals surface area contributed by atoms with Gasteiger partial charge in [-0.25, -0.2) is 0 Å². The molecule has 0 aliphatic rings. The summed E-state index contributed by atoms with van der Waals surface area (Å²) in [5.41, 5.74) is 0. The van der Waals surface area contributed by atoms with Gasteiger partial charge >= 0.3 is 21.1 Å². The molecule has 0 nitrogen and oxygen atoms in total. The zero-order valence-corrected chi connectivity index (χ0v) is 19.3. The molecule has 4 heteroatoms. The van der Waals surface area contributed by atoms with Gasteiger partial charge in [0.25, 0.3) is 0 Å². The van der Waals surface area contributed by atoms with Crippen LogP contribution in [-0.4, -0.2) is 16.9 Å². The smallest absolute Gasteiger partial charge is 0.358 e. The zero-order chi connectivity index (χ0) is 8.78. The molecule has 0 saturated carbocycles. The molecule has 0 rings (SSSR count). The summed E-state index contributed by atoms with van der Waals surface area (Å²) in [6.07, 6.45) is 0. The molecular weight excluding hydrogens is 556 g/mol. The van der Waals surface area contributed by atoms with Gasteiger partial charge in [0.05, 0.1) is 0 Å². The van der Waals surface area contributed by atoms with Gasteiger partial charge in [-0.2, -0.15) is 6.04 Å². The van der Waals surface area contributed by atoms with E-state index in [-0.39, 0.29) is 73.2 Å². The van der Waals surface area contributed by atoms with Gasteiger partial charge in [-0.05, 0) is 0 Å². The quantitative estimate of drug-likeness (QED) is 0.305. The second kappa shape index (κ2) is 24.9. The van der Waals surface area contributed by atoms with Crippen LogP contribution in [-0.2, 0) is 42.1 Å². The molecule has 0 radical (unpaired) electrons. The van der Waals surface area contributed by atoms with Crippen molar-refractivity contribution in [3.8, 4) is 0 Å². The van der Waals surface area contributed by atoms with Gasteiger partial charge in [-0.1, -0.05) is 46.7 Å². The van der Waals surface area contributed by atoms with Crippen LogP contribution in [0.25, 0.3) is 0 Å². The normalized spacial score (nSPS) is 7.20. The Labute approximate surface area is 133 Å². The van der Waals surface area contributed by atoms with E-state index in [9.17, 15) is 0 Å². The Balaban J connectivity index is -0.0000000133. The number of hydrogen-bond acceptors (Lipinski definition) is 0. The first kappa shape index (κ1) is 43.7. The van der Waals surface area contributed by atoms with E-state index >= 15 is 0 Å². The van der Waals surface area contributed by atoms with E-state index in [2.05, 4.69) is 46.2 Å². The molecule has 98 valence electrons. The summed E-state index contributed by atoms with van der Waals surface area (Å²) < 4.78 is 0. The Morgan fingerprint density at radius 1 is 1.00 bits per heavy atom. The molecule has 0 amide bonds. The van der Waals surface area contributed by atoms with Crippen LogP contribution in [0.15, 0.2) is 0 Å². The molecule has 0 aromatic heterocycles. The third kappa shape index (κ3) is 130. The van der Waals surface area contributed by atoms with E-state index < -0.39 is 8.07 Å². The minimum Gasteiger partial charge on any atom is -0.358 e. The summed E-state index contributed by atoms with van der Waals surface area (Å²) in [7, 11) is -0.881. The maximum atomic E-state index is 3.82. The third-order valence-corrected chi connectivity index (χ3v) is 2.25. The van der Waals surface area contributed by atoms with Crippen molar-refractivity contribution in [3.05, 3.63) is 21.8 Å². The van der Waals surface area contributed by atoms with E-state index in [0.717, 1.165) is 6.04 Å². The summed E-state index contributed by atoms with van der Waals surface area (Å²) in [5.74, 6) is 0. The molecule has 0 aromatic carbocycles. The van der Waals surface area contributed by atoms with Gasteiger partial charge in [0, 0.05) is 37.9 Å². The predicted molar refractivity (Wildman–Crippen MR) is 77.8 cm³/mol. The van der Waals surface area contributed by atoms with Crippen LogP contribution in [0.3, 0.4) is 0 Å². The molecule has 0 spiro atoms. The fourth-order valence-corrected chi connectivity index (χ4v) is 0. The molecule has 0 heterocycles. The van der Waals surface area contributed by atoms with Crippen LogP contribution >= 0.6 is 0 Å². The molecule has 0 atom stereocenters. The van der Waals surface area contributed by atoms with Crippen molar-refractivity contribution >= 4 is 16.9 Å². The number of hydrogen-bond donors (Lipinski definition) is 0. The van der Waals surface area contributed by atoms with Crippen LogP contribution in [0.5, 0.6) is 0 Å². The van der Waals surface area contributed by atoms with Crippen LogP contribution in [0, 0.1) is 21.8 Å². The minimum absolute atomic E-state index is 0. The first-order valence-corrected chi connectivity index (χ1v) is 11.3. The van der Waals surface area contributed by atoms with Crippen LogP contribution in [0.4, 0.5) is 0 Å². The van der Waals surface area contributed by atoms with Gasteiger partial charge in [0.2, 0.25) is 0 Å². The molecule has 0 aliphatic carbocycles. The maximum Gasteiger partial charge on any atom is 2.00 e. The summed E-state index contributed by atoms with van der Waals surface area (Å²) in [5, 5.41) is 0. The van der Waals surface area contributed by atoms with Crippen molar-refractivity contribution in [1.82, 2.24) is 0 Å². The van der Waals surface area contributed by atoms with Crippen molar-refractivity contribution < 1.29 is 42.1 Å². The Morgan fingerprint density at radius 2 is 1.07 bits per heavy atom. The Hall–Kier alpha value is 1.81. The monoisotopic (exact) mass is 589 g/mol. The Kier molecular flexibility index (Phi) is 72.4. The van der Waals surface area contributed by atoms with E-state index in [1.165, 1.54) is 0 Å². The topological polar surface area (TPSA) is 0 Å². The second-order valence-electron chi connectivity index (χ2n) is 4.54. The standard InChI is InChI=1S/C5H13Si.C3H10Si.CH4.2CH3.2W/c1-5-6(2,3)4;1-4(2)3;;;;;/h1,5H2,2-4H3;4H,1-3H3;1H4;2*1H3;;/q-1;;;2*-1;;+2. The van der Waals surface area contributed by atoms with Gasteiger partial charge in [0.1, 0.15) is 0 Å². The van der Waals surface area contributed by atoms with Crippen LogP contribution in [0.1, 0.15) is 7.43 Å². The Morgan fingerprint density at radius 3 is 1.07 bits per heavy atom. The molecule has 0 aromatic rings. The summed E-state index contributed by atoms with van der Waals surface area (Å²) in [4.78, 5) is 0. The largest absolute Gasteiger partial charge is 2.00 e. The molecule has 0 bridgehead atoms. The summed E-state index contributed by atoms with van der Waals surface area (Å²) in [6, 6.07) is 1.16. The van der Waals surface area contributed by atoms with Crippen molar-refractivity contribution in [1.29, 1.82) is 0 Å². The minimum atomic E-state index is -0.742. The fourth-order valence-electron chi connectivity index (χ4n) is 0. The van der Waals surface area contributed by atoms with Gasteiger partial charge < -0.3 is 21.8 Å². The third-order valence-electron chi connectivity index (χ3n) is 0.750. The van der Waals surface area contributed by atoms with E-state index in [4.69, 9.17) is 0 Å². The molecule has 0 N–H and O–H groups in total. The van der Waals surface area contributed by atoms with Crippen molar-refractivity contribution in [2.24, 2.45) is 0 Å². The molecule has 15 heavy (non-hydrogen) atoms. The first-order chi connectivity index (χ1) is 4.29. The van der Waals surface area contributed by atoms with Crippen LogP contribution < -0.4 is 0 Å². The van der Waals surface area contributed by atoms with Crippen molar-refractivity contribution in [2.45, 2.75) is 52.8 Å². The first-order valence-electron chi connectivity index (χ1n) is 4.09. The van der Waals surface area contributed by atoms with E-state index in [1.807, 2.05) is 0 Å². The average molecular weight is 589 g/mol. The number of rotatable bonds is 1. The Bertz CT molecular complexity index is 68.7. The summed E-state index contributed by atoms with van der Waals surface area (Å²) in [6.45, 7) is 17.7. The van der Waals surface area contributed by atoms with Crippen molar-refractivity contribution in [2.75, 3.05) is 0 Å². The molecular formula is C11H33Si2W2-.